The van der Waals surface area contributed by atoms with E-state index >= 15 is 0 Å². The molecule has 10 nitrogen and oxygen atoms in total. The number of rotatable bonds is 3. The molecule has 1 amide bonds. The third kappa shape index (κ3) is 8.99. The van der Waals surface area contributed by atoms with E-state index in [1.54, 1.807) is 58.6 Å². The van der Waals surface area contributed by atoms with Gasteiger partial charge in [-0.3, -0.25) is 0 Å². The summed E-state index contributed by atoms with van der Waals surface area (Å²) < 4.78 is 55.3. The summed E-state index contributed by atoms with van der Waals surface area (Å²) >= 11 is 0. The monoisotopic (exact) mass is 658 g/mol. The molecule has 0 aromatic carbocycles. The van der Waals surface area contributed by atoms with Gasteiger partial charge in [-0.1, -0.05) is 25.6 Å². The Kier molecular flexibility index (Phi) is 9.50. The maximum atomic E-state index is 14.4. The molecule has 0 spiro atoms. The summed E-state index contributed by atoms with van der Waals surface area (Å²) in [5.41, 5.74) is 0.646. The van der Waals surface area contributed by atoms with Gasteiger partial charge >= 0.3 is 18.4 Å². The minimum Gasteiger partial charge on any atom is -0.444 e. The summed E-state index contributed by atoms with van der Waals surface area (Å²) in [5, 5.41) is 3.36. The second-order valence-electron chi connectivity index (χ2n) is 14.3. The molecule has 1 atom stereocenters. The zero-order chi connectivity index (χ0) is 34.2. The number of anilines is 1. The number of fused-ring (bicyclic) bond motifs is 1. The van der Waals surface area contributed by atoms with Crippen LogP contribution in [0.25, 0.3) is 22.3 Å². The van der Waals surface area contributed by atoms with Gasteiger partial charge in [-0.05, 0) is 66.5 Å². The van der Waals surface area contributed by atoms with Crippen molar-refractivity contribution in [3.8, 4) is 22.7 Å². The molecule has 0 saturated carbocycles. The lowest BCUT2D eigenvalue weighted by atomic mass is 10.1. The molecule has 1 N–H and O–H groups in total. The lowest BCUT2D eigenvalue weighted by Crippen LogP contribution is -2.47. The van der Waals surface area contributed by atoms with E-state index in [1.807, 2.05) is 0 Å². The maximum absolute atomic E-state index is 14.4. The van der Waals surface area contributed by atoms with Crippen LogP contribution in [0.2, 0.25) is 19.6 Å². The Morgan fingerprint density at radius 2 is 1.65 bits per heavy atom. The zero-order valence-corrected chi connectivity index (χ0v) is 28.7. The van der Waals surface area contributed by atoms with Crippen LogP contribution in [0.3, 0.4) is 0 Å². The molecule has 14 heteroatoms. The van der Waals surface area contributed by atoms with E-state index in [4.69, 9.17) is 9.47 Å². The van der Waals surface area contributed by atoms with Crippen molar-refractivity contribution in [3.05, 3.63) is 35.8 Å². The molecule has 1 fully saturated rings. The molecule has 4 heterocycles. The average molecular weight is 659 g/mol. The van der Waals surface area contributed by atoms with Crippen LogP contribution in [0, 0.1) is 11.5 Å². The second-order valence-corrected chi connectivity index (χ2v) is 19.1. The fraction of sp³-hybridized carbons (Fsp3) is 0.531. The van der Waals surface area contributed by atoms with Gasteiger partial charge in [0.2, 0.25) is 5.95 Å². The van der Waals surface area contributed by atoms with Crippen LogP contribution in [-0.4, -0.2) is 75.0 Å². The van der Waals surface area contributed by atoms with Gasteiger partial charge in [-0.15, -0.1) is 5.54 Å². The van der Waals surface area contributed by atoms with Crippen LogP contribution in [0.4, 0.5) is 28.7 Å². The van der Waals surface area contributed by atoms with Gasteiger partial charge in [0.1, 0.15) is 30.5 Å². The molecule has 1 aliphatic rings. The topological polar surface area (TPSA) is 111 Å². The predicted molar refractivity (Wildman–Crippen MR) is 172 cm³/mol. The third-order valence-electron chi connectivity index (χ3n) is 6.56. The number of carbonyl (C=O) groups excluding carboxylic acids is 2. The minimum absolute atomic E-state index is 0.0230. The van der Waals surface area contributed by atoms with Crippen LogP contribution in [0.1, 0.15) is 65.6 Å². The van der Waals surface area contributed by atoms with Crippen LogP contribution in [0.15, 0.2) is 24.5 Å². The first kappa shape index (κ1) is 34.7. The molecule has 0 radical (unpaired) electrons. The molecule has 46 heavy (non-hydrogen) atoms. The number of nitrogens with zero attached hydrogens (tertiary/aromatic N) is 5. The van der Waals surface area contributed by atoms with Crippen molar-refractivity contribution in [2.24, 2.45) is 0 Å². The highest BCUT2D eigenvalue weighted by atomic mass is 28.3. The molecule has 1 aliphatic heterocycles. The largest absolute Gasteiger partial charge is 0.444 e. The van der Waals surface area contributed by atoms with Crippen molar-refractivity contribution in [2.45, 2.75) is 97.4 Å². The average Bonchev–Trinajstić information content (AvgIpc) is 3.28. The number of carbonyl (C=O) groups is 2. The fourth-order valence-corrected chi connectivity index (χ4v) is 5.20. The van der Waals surface area contributed by atoms with E-state index in [0.29, 0.717) is 25.1 Å². The Balaban J connectivity index is 1.79. The van der Waals surface area contributed by atoms with E-state index in [9.17, 15) is 22.8 Å². The lowest BCUT2D eigenvalue weighted by molar-refractivity contribution is -0.137. The highest BCUT2D eigenvalue weighted by molar-refractivity contribution is 6.83. The standard InChI is InChI=1S/C32H41F3N6O4Si/c1-30(2,3)44-28(42)40-15-10-11-21(18-40)38-27-36-17-24(32(33,34)35)25(39-27)23-19-41(29(43)45-31(4,5)6)26-22(23)13-12-20(37-26)14-16-46(7,8)9/h12-13,17,19,21H,10-11,15,18H2,1-9H3,(H,36,38,39)/t21-/m0/s1. The van der Waals surface area contributed by atoms with Crippen molar-refractivity contribution in [1.82, 2.24) is 24.4 Å². The number of nitrogens with one attached hydrogen (secondary N) is 1. The number of hydrogen-bond donors (Lipinski definition) is 1. The van der Waals surface area contributed by atoms with Gasteiger partial charge in [0.05, 0.1) is 5.69 Å². The number of amides is 1. The first-order valence-electron chi connectivity index (χ1n) is 15.1. The summed E-state index contributed by atoms with van der Waals surface area (Å²) in [4.78, 5) is 40.4. The third-order valence-corrected chi connectivity index (χ3v) is 7.44. The molecule has 248 valence electrons. The number of piperidine rings is 1. The van der Waals surface area contributed by atoms with Crippen LogP contribution in [0.5, 0.6) is 0 Å². The summed E-state index contributed by atoms with van der Waals surface area (Å²) in [5.74, 6) is 2.98. The Morgan fingerprint density at radius 3 is 2.26 bits per heavy atom. The number of aromatic nitrogens is 4. The number of likely N-dealkylation sites (tertiary alicyclic amines) is 1. The van der Waals surface area contributed by atoms with Crippen molar-refractivity contribution < 1.29 is 32.2 Å². The number of ether oxygens (including phenoxy) is 2. The molecule has 3 aromatic heterocycles. The van der Waals surface area contributed by atoms with E-state index < -0.39 is 48.9 Å². The fourth-order valence-electron chi connectivity index (χ4n) is 4.70. The summed E-state index contributed by atoms with van der Waals surface area (Å²) in [7, 11) is -1.77. The van der Waals surface area contributed by atoms with Crippen molar-refractivity contribution in [1.29, 1.82) is 0 Å². The van der Waals surface area contributed by atoms with Gasteiger partial charge in [-0.2, -0.15) is 13.2 Å². The number of hydrogen-bond acceptors (Lipinski definition) is 8. The lowest BCUT2D eigenvalue weighted by Gasteiger charge is -2.34. The van der Waals surface area contributed by atoms with Crippen LogP contribution in [-0.2, 0) is 15.7 Å². The van der Waals surface area contributed by atoms with E-state index in [2.05, 4.69) is 51.4 Å². The first-order valence-corrected chi connectivity index (χ1v) is 18.6. The van der Waals surface area contributed by atoms with Crippen molar-refractivity contribution in [2.75, 3.05) is 18.4 Å². The van der Waals surface area contributed by atoms with Gasteiger partial charge in [0, 0.05) is 42.5 Å². The normalized spacial score (nSPS) is 16.1. The maximum Gasteiger partial charge on any atom is 0.420 e. The van der Waals surface area contributed by atoms with E-state index in [0.717, 1.165) is 10.8 Å². The second kappa shape index (κ2) is 12.6. The first-order chi connectivity index (χ1) is 21.1. The highest BCUT2D eigenvalue weighted by Crippen LogP contribution is 2.39. The zero-order valence-electron chi connectivity index (χ0n) is 27.7. The molecule has 0 unspecified atom stereocenters. The van der Waals surface area contributed by atoms with Crippen molar-refractivity contribution >= 4 is 37.2 Å². The predicted octanol–water partition coefficient (Wildman–Crippen LogP) is 7.34. The summed E-state index contributed by atoms with van der Waals surface area (Å²) in [6.07, 6.45) is -2.81. The Hall–Kier alpha value is -4.12. The van der Waals surface area contributed by atoms with Gasteiger partial charge in [-0.25, -0.2) is 29.1 Å². The SMILES string of the molecule is CC(C)(C)OC(=O)N1CCC[C@H](Nc2ncc(C(F)(F)F)c(-c3cn(C(=O)OC(C)(C)C)c4nc(C#C[Si](C)(C)C)ccc34)n2)C1. The molecule has 0 aliphatic carbocycles. The van der Waals surface area contributed by atoms with Gasteiger partial charge in [0.25, 0.3) is 0 Å². The minimum atomic E-state index is -4.80. The number of pyridine rings is 1. The highest BCUT2D eigenvalue weighted by Gasteiger charge is 2.37. The van der Waals surface area contributed by atoms with Crippen LogP contribution < -0.4 is 5.32 Å². The van der Waals surface area contributed by atoms with Crippen LogP contribution >= 0.6 is 0 Å². The molecule has 3 aromatic rings. The van der Waals surface area contributed by atoms with E-state index in [1.165, 1.54) is 6.20 Å². The number of halogens is 3. The molecular formula is C32H41F3N6O4Si. The van der Waals surface area contributed by atoms with E-state index in [-0.39, 0.29) is 35.1 Å². The smallest absolute Gasteiger partial charge is 0.420 e. The van der Waals surface area contributed by atoms with Gasteiger partial charge < -0.3 is 19.7 Å². The molecule has 4 rings (SSSR count). The quantitative estimate of drug-likeness (QED) is 0.230. The molecule has 0 bridgehead atoms. The Morgan fingerprint density at radius 1 is 1.00 bits per heavy atom. The molecular weight excluding hydrogens is 617 g/mol. The molecule has 1 saturated heterocycles. The number of alkyl halides is 3. The Labute approximate surface area is 268 Å². The summed E-state index contributed by atoms with van der Waals surface area (Å²) in [6, 6.07) is 2.87. The summed E-state index contributed by atoms with van der Waals surface area (Å²) in [6.45, 7) is 17.4. The van der Waals surface area contributed by atoms with Gasteiger partial charge in [0.15, 0.2) is 5.65 Å². The van der Waals surface area contributed by atoms with Crippen molar-refractivity contribution in [3.63, 3.8) is 0 Å². The Bertz CT molecular complexity index is 1690.